The first-order valence-corrected chi connectivity index (χ1v) is 5.20. The fourth-order valence-corrected chi connectivity index (χ4v) is 1.70. The van der Waals surface area contributed by atoms with Crippen molar-refractivity contribution in [1.82, 2.24) is 5.16 Å². The van der Waals surface area contributed by atoms with E-state index in [1.807, 2.05) is 12.1 Å². The Morgan fingerprint density at radius 1 is 1.40 bits per heavy atom. The number of anilines is 1. The van der Waals surface area contributed by atoms with Crippen LogP contribution in [0.4, 0.5) is 5.82 Å². The lowest BCUT2D eigenvalue weighted by Crippen LogP contribution is -2.15. The van der Waals surface area contributed by atoms with Crippen molar-refractivity contribution in [3.05, 3.63) is 23.8 Å². The SMILES string of the molecule is CCC(C)(C)c1cccc2c(N)noc12. The number of nitrogens with zero attached hydrogens (tertiary/aromatic N) is 1. The van der Waals surface area contributed by atoms with Crippen LogP contribution in [0.15, 0.2) is 22.7 Å². The number of benzene rings is 1. The van der Waals surface area contributed by atoms with E-state index in [2.05, 4.69) is 32.0 Å². The zero-order valence-electron chi connectivity index (χ0n) is 9.37. The van der Waals surface area contributed by atoms with Crippen molar-refractivity contribution in [2.45, 2.75) is 32.6 Å². The molecule has 1 aromatic heterocycles. The Morgan fingerprint density at radius 3 is 2.80 bits per heavy atom. The number of nitrogens with two attached hydrogens (primary N) is 1. The Morgan fingerprint density at radius 2 is 2.13 bits per heavy atom. The van der Waals surface area contributed by atoms with E-state index in [1.165, 1.54) is 5.56 Å². The van der Waals surface area contributed by atoms with Gasteiger partial charge in [-0.15, -0.1) is 0 Å². The van der Waals surface area contributed by atoms with Gasteiger partial charge < -0.3 is 10.3 Å². The molecule has 0 aliphatic rings. The Labute approximate surface area is 89.2 Å². The third-order valence-electron chi connectivity index (χ3n) is 3.14. The quantitative estimate of drug-likeness (QED) is 0.817. The molecule has 0 atom stereocenters. The van der Waals surface area contributed by atoms with Crippen LogP contribution in [0.3, 0.4) is 0 Å². The van der Waals surface area contributed by atoms with Gasteiger partial charge >= 0.3 is 0 Å². The standard InChI is InChI=1S/C12H16N2O/c1-4-12(2,3)9-7-5-6-8-10(9)15-14-11(8)13/h5-7H,4H2,1-3H3,(H2,13,14). The third-order valence-corrected chi connectivity index (χ3v) is 3.14. The number of para-hydroxylation sites is 1. The Kier molecular flexibility index (Phi) is 2.18. The highest BCUT2D eigenvalue weighted by Gasteiger charge is 2.23. The van der Waals surface area contributed by atoms with Crippen LogP contribution in [-0.4, -0.2) is 5.16 Å². The van der Waals surface area contributed by atoms with Gasteiger partial charge in [0.1, 0.15) is 0 Å². The van der Waals surface area contributed by atoms with Crippen LogP contribution >= 0.6 is 0 Å². The van der Waals surface area contributed by atoms with Gasteiger partial charge in [0.15, 0.2) is 11.4 Å². The monoisotopic (exact) mass is 204 g/mol. The third kappa shape index (κ3) is 1.48. The smallest absolute Gasteiger partial charge is 0.174 e. The Balaban J connectivity index is 2.71. The second-order valence-corrected chi connectivity index (χ2v) is 4.49. The molecule has 0 amide bonds. The molecule has 0 bridgehead atoms. The molecular formula is C12H16N2O. The van der Waals surface area contributed by atoms with Crippen LogP contribution in [0.5, 0.6) is 0 Å². The molecule has 2 N–H and O–H groups in total. The lowest BCUT2D eigenvalue weighted by Gasteiger charge is -2.22. The minimum absolute atomic E-state index is 0.0888. The zero-order chi connectivity index (χ0) is 11.1. The molecule has 0 saturated heterocycles. The summed E-state index contributed by atoms with van der Waals surface area (Å²) >= 11 is 0. The van der Waals surface area contributed by atoms with Crippen LogP contribution < -0.4 is 5.73 Å². The van der Waals surface area contributed by atoms with Gasteiger partial charge in [0.2, 0.25) is 0 Å². The summed E-state index contributed by atoms with van der Waals surface area (Å²) in [6.07, 6.45) is 1.05. The topological polar surface area (TPSA) is 52.0 Å². The molecule has 0 unspecified atom stereocenters. The van der Waals surface area contributed by atoms with Crippen molar-refractivity contribution in [3.63, 3.8) is 0 Å². The van der Waals surface area contributed by atoms with Gasteiger partial charge in [-0.05, 0) is 17.9 Å². The molecule has 2 rings (SSSR count). The highest BCUT2D eigenvalue weighted by molar-refractivity contribution is 5.89. The van der Waals surface area contributed by atoms with Gasteiger partial charge in [-0.25, -0.2) is 0 Å². The van der Waals surface area contributed by atoms with Crippen LogP contribution in [0, 0.1) is 0 Å². The predicted molar refractivity (Wildman–Crippen MR) is 61.7 cm³/mol. The van der Waals surface area contributed by atoms with E-state index in [4.69, 9.17) is 10.3 Å². The molecule has 2 aromatic rings. The summed E-state index contributed by atoms with van der Waals surface area (Å²) < 4.78 is 5.29. The van der Waals surface area contributed by atoms with E-state index >= 15 is 0 Å². The molecule has 3 nitrogen and oxygen atoms in total. The molecule has 0 aliphatic heterocycles. The van der Waals surface area contributed by atoms with E-state index in [0.29, 0.717) is 5.82 Å². The molecule has 0 radical (unpaired) electrons. The van der Waals surface area contributed by atoms with Crippen molar-refractivity contribution < 1.29 is 4.52 Å². The largest absolute Gasteiger partial charge is 0.380 e. The van der Waals surface area contributed by atoms with E-state index < -0.39 is 0 Å². The Bertz CT molecular complexity index is 485. The van der Waals surface area contributed by atoms with E-state index in [0.717, 1.165) is 17.4 Å². The summed E-state index contributed by atoms with van der Waals surface area (Å²) in [5.41, 5.74) is 7.81. The fraction of sp³-hybridized carbons (Fsp3) is 0.417. The highest BCUT2D eigenvalue weighted by atomic mass is 16.5. The van der Waals surface area contributed by atoms with E-state index in [-0.39, 0.29) is 5.41 Å². The van der Waals surface area contributed by atoms with E-state index in [1.54, 1.807) is 0 Å². The van der Waals surface area contributed by atoms with Crippen molar-refractivity contribution >= 4 is 16.8 Å². The fourth-order valence-electron chi connectivity index (χ4n) is 1.70. The molecule has 1 aromatic carbocycles. The summed E-state index contributed by atoms with van der Waals surface area (Å²) in [6.45, 7) is 6.56. The number of fused-ring (bicyclic) bond motifs is 1. The average molecular weight is 204 g/mol. The second-order valence-electron chi connectivity index (χ2n) is 4.49. The van der Waals surface area contributed by atoms with Gasteiger partial charge in [0.05, 0.1) is 5.39 Å². The van der Waals surface area contributed by atoms with Crippen molar-refractivity contribution in [2.75, 3.05) is 5.73 Å². The molecular weight excluding hydrogens is 188 g/mol. The van der Waals surface area contributed by atoms with Gasteiger partial charge in [-0.1, -0.05) is 38.1 Å². The maximum atomic E-state index is 5.72. The molecule has 15 heavy (non-hydrogen) atoms. The number of nitrogen functional groups attached to an aromatic ring is 1. The van der Waals surface area contributed by atoms with Crippen LogP contribution in [0.1, 0.15) is 32.8 Å². The van der Waals surface area contributed by atoms with Crippen molar-refractivity contribution in [3.8, 4) is 0 Å². The van der Waals surface area contributed by atoms with Gasteiger partial charge in [0, 0.05) is 5.56 Å². The van der Waals surface area contributed by atoms with Crippen molar-refractivity contribution in [2.24, 2.45) is 0 Å². The zero-order valence-corrected chi connectivity index (χ0v) is 9.37. The summed E-state index contributed by atoms with van der Waals surface area (Å²) in [4.78, 5) is 0. The summed E-state index contributed by atoms with van der Waals surface area (Å²) in [7, 11) is 0. The summed E-state index contributed by atoms with van der Waals surface area (Å²) in [5, 5.41) is 4.72. The lowest BCUT2D eigenvalue weighted by atomic mass is 9.81. The average Bonchev–Trinajstić information content (AvgIpc) is 2.60. The molecule has 80 valence electrons. The van der Waals surface area contributed by atoms with Gasteiger partial charge in [-0.3, -0.25) is 0 Å². The molecule has 1 heterocycles. The highest BCUT2D eigenvalue weighted by Crippen LogP contribution is 2.34. The lowest BCUT2D eigenvalue weighted by molar-refractivity contribution is 0.440. The minimum atomic E-state index is 0.0888. The first kappa shape index (κ1) is 10.0. The first-order chi connectivity index (χ1) is 7.06. The number of rotatable bonds is 2. The van der Waals surface area contributed by atoms with Crippen LogP contribution in [0.2, 0.25) is 0 Å². The van der Waals surface area contributed by atoms with Gasteiger partial charge in [-0.2, -0.15) is 0 Å². The first-order valence-electron chi connectivity index (χ1n) is 5.20. The van der Waals surface area contributed by atoms with Crippen molar-refractivity contribution in [1.29, 1.82) is 0 Å². The molecule has 0 aliphatic carbocycles. The number of hydrogen-bond donors (Lipinski definition) is 1. The normalized spacial score (nSPS) is 12.2. The summed E-state index contributed by atoms with van der Waals surface area (Å²) in [6, 6.07) is 6.02. The van der Waals surface area contributed by atoms with E-state index in [9.17, 15) is 0 Å². The molecule has 0 spiro atoms. The molecule has 0 saturated carbocycles. The summed E-state index contributed by atoms with van der Waals surface area (Å²) in [5.74, 6) is 0.471. The van der Waals surface area contributed by atoms with Crippen LogP contribution in [0.25, 0.3) is 11.0 Å². The maximum Gasteiger partial charge on any atom is 0.174 e. The Hall–Kier alpha value is -1.51. The predicted octanol–water partition coefficient (Wildman–Crippen LogP) is 3.10. The maximum absolute atomic E-state index is 5.72. The number of hydrogen-bond acceptors (Lipinski definition) is 3. The van der Waals surface area contributed by atoms with Gasteiger partial charge in [0.25, 0.3) is 0 Å². The minimum Gasteiger partial charge on any atom is -0.380 e. The molecule has 3 heteroatoms. The van der Waals surface area contributed by atoms with Crippen LogP contribution in [-0.2, 0) is 5.41 Å². The second kappa shape index (κ2) is 3.26. The number of aromatic nitrogens is 1. The molecule has 0 fully saturated rings.